The van der Waals surface area contributed by atoms with Gasteiger partial charge in [0.1, 0.15) is 23.8 Å². The maximum absolute atomic E-state index is 13.3. The standard InChI is InChI=1S/C18H16ClFN4O2/c1-3-10-7-24-8-21-18-15(16(24)22-10)14(9(2)26-18)17(25)23-11-4-5-13(20)12(19)6-11/h4-6,8,10H,3,7H2,1-2H3,(H,23,25)/t10-/m0/s1. The Balaban J connectivity index is 1.72. The van der Waals surface area contributed by atoms with E-state index in [1.165, 1.54) is 18.2 Å². The van der Waals surface area contributed by atoms with Crippen LogP contribution in [-0.2, 0) is 0 Å². The third kappa shape index (κ3) is 2.68. The van der Waals surface area contributed by atoms with Gasteiger partial charge in [0, 0.05) is 12.2 Å². The van der Waals surface area contributed by atoms with E-state index in [-0.39, 0.29) is 17.0 Å². The van der Waals surface area contributed by atoms with Gasteiger partial charge in [-0.3, -0.25) is 9.79 Å². The number of halogens is 2. The molecule has 0 bridgehead atoms. The van der Waals surface area contributed by atoms with Gasteiger partial charge >= 0.3 is 0 Å². The van der Waals surface area contributed by atoms with Gasteiger partial charge in [-0.05, 0) is 31.5 Å². The van der Waals surface area contributed by atoms with Crippen LogP contribution in [0.15, 0.2) is 32.6 Å². The number of fused-ring (bicyclic) bond motifs is 3. The molecule has 3 heterocycles. The summed E-state index contributed by atoms with van der Waals surface area (Å²) in [6.45, 7) is 4.50. The van der Waals surface area contributed by atoms with Crippen LogP contribution >= 0.6 is 11.6 Å². The van der Waals surface area contributed by atoms with Crippen LogP contribution in [0.2, 0.25) is 5.02 Å². The number of aryl methyl sites for hydroxylation is 1. The first-order chi connectivity index (χ1) is 12.5. The number of furan rings is 1. The Labute approximate surface area is 154 Å². The molecule has 4 rings (SSSR count). The summed E-state index contributed by atoms with van der Waals surface area (Å²) in [5.74, 6) is 0.590. The lowest BCUT2D eigenvalue weighted by Gasteiger charge is -2.18. The number of amides is 1. The summed E-state index contributed by atoms with van der Waals surface area (Å²) in [6.07, 6.45) is 2.58. The van der Waals surface area contributed by atoms with Crippen molar-refractivity contribution in [2.24, 2.45) is 9.98 Å². The highest BCUT2D eigenvalue weighted by atomic mass is 35.5. The number of carbonyl (C=O) groups is 1. The monoisotopic (exact) mass is 374 g/mol. The minimum absolute atomic E-state index is 0.0597. The summed E-state index contributed by atoms with van der Waals surface area (Å²) in [6, 6.07) is 4.17. The fourth-order valence-corrected chi connectivity index (χ4v) is 3.30. The van der Waals surface area contributed by atoms with E-state index >= 15 is 0 Å². The molecule has 8 heteroatoms. The highest BCUT2D eigenvalue weighted by Gasteiger charge is 2.35. The number of rotatable bonds is 3. The number of aliphatic imine (C=N–C) groups is 2. The van der Waals surface area contributed by atoms with E-state index in [0.29, 0.717) is 34.3 Å². The highest BCUT2D eigenvalue weighted by Crippen LogP contribution is 2.36. The van der Waals surface area contributed by atoms with Crippen molar-refractivity contribution in [2.45, 2.75) is 26.3 Å². The second-order valence-corrected chi connectivity index (χ2v) is 6.62. The SMILES string of the molecule is CC[C@H]1CN2C=Nc3oc(C)c(C(=O)Nc4ccc(F)c(Cl)c4)c3C2=N1. The first-order valence-electron chi connectivity index (χ1n) is 8.26. The lowest BCUT2D eigenvalue weighted by atomic mass is 10.1. The Morgan fingerprint density at radius 3 is 3.04 bits per heavy atom. The fourth-order valence-electron chi connectivity index (χ4n) is 3.12. The molecule has 0 spiro atoms. The lowest BCUT2D eigenvalue weighted by molar-refractivity contribution is 0.102. The highest BCUT2D eigenvalue weighted by molar-refractivity contribution is 6.31. The largest absolute Gasteiger partial charge is 0.442 e. The molecule has 26 heavy (non-hydrogen) atoms. The zero-order chi connectivity index (χ0) is 18.4. The van der Waals surface area contributed by atoms with Gasteiger partial charge in [0.25, 0.3) is 5.91 Å². The molecule has 0 saturated heterocycles. The first-order valence-corrected chi connectivity index (χ1v) is 8.64. The van der Waals surface area contributed by atoms with Crippen LogP contribution < -0.4 is 5.32 Å². The lowest BCUT2D eigenvalue weighted by Crippen LogP contribution is -2.31. The van der Waals surface area contributed by atoms with Crippen LogP contribution in [-0.4, -0.2) is 35.6 Å². The topological polar surface area (TPSA) is 70.2 Å². The molecular weight excluding hydrogens is 359 g/mol. The van der Waals surface area contributed by atoms with E-state index < -0.39 is 5.82 Å². The van der Waals surface area contributed by atoms with Crippen LogP contribution in [0, 0.1) is 12.7 Å². The molecule has 6 nitrogen and oxygen atoms in total. The Kier molecular flexibility index (Phi) is 4.03. The third-order valence-electron chi connectivity index (χ3n) is 4.46. The maximum atomic E-state index is 13.3. The van der Waals surface area contributed by atoms with Crippen molar-refractivity contribution < 1.29 is 13.6 Å². The quantitative estimate of drug-likeness (QED) is 0.877. The van der Waals surface area contributed by atoms with E-state index in [2.05, 4.69) is 17.2 Å². The van der Waals surface area contributed by atoms with Crippen molar-refractivity contribution >= 4 is 41.3 Å². The summed E-state index contributed by atoms with van der Waals surface area (Å²) < 4.78 is 19.0. The van der Waals surface area contributed by atoms with Crippen molar-refractivity contribution in [3.8, 4) is 0 Å². The minimum Gasteiger partial charge on any atom is -0.442 e. The maximum Gasteiger partial charge on any atom is 0.260 e. The third-order valence-corrected chi connectivity index (χ3v) is 4.75. The number of hydrogen-bond acceptors (Lipinski definition) is 5. The Bertz CT molecular complexity index is 966. The predicted octanol–water partition coefficient (Wildman–Crippen LogP) is 4.15. The number of carbonyl (C=O) groups excluding carboxylic acids is 1. The van der Waals surface area contributed by atoms with Gasteiger partial charge in [0.15, 0.2) is 0 Å². The minimum atomic E-state index is -0.544. The van der Waals surface area contributed by atoms with Crippen molar-refractivity contribution in [3.63, 3.8) is 0 Å². The van der Waals surface area contributed by atoms with Crippen molar-refractivity contribution in [3.05, 3.63) is 45.9 Å². The van der Waals surface area contributed by atoms with Crippen LogP contribution in [0.25, 0.3) is 0 Å². The van der Waals surface area contributed by atoms with Gasteiger partial charge in [-0.15, -0.1) is 0 Å². The Morgan fingerprint density at radius 1 is 1.50 bits per heavy atom. The summed E-state index contributed by atoms with van der Waals surface area (Å²) in [7, 11) is 0. The van der Waals surface area contributed by atoms with Crippen LogP contribution in [0.3, 0.4) is 0 Å². The smallest absolute Gasteiger partial charge is 0.260 e. The molecule has 2 aliphatic rings. The molecule has 1 atom stereocenters. The number of benzene rings is 1. The second kappa shape index (κ2) is 6.25. The van der Waals surface area contributed by atoms with Crippen LogP contribution in [0.4, 0.5) is 16.0 Å². The Hall–Kier alpha value is -2.67. The molecule has 1 N–H and O–H groups in total. The summed E-state index contributed by atoms with van der Waals surface area (Å²) in [4.78, 5) is 23.8. The summed E-state index contributed by atoms with van der Waals surface area (Å²) in [5.41, 5.74) is 1.36. The van der Waals surface area contributed by atoms with E-state index in [0.717, 1.165) is 13.0 Å². The fraction of sp³-hybridized carbons (Fsp3) is 0.278. The van der Waals surface area contributed by atoms with Crippen molar-refractivity contribution in [1.82, 2.24) is 4.90 Å². The van der Waals surface area contributed by atoms with E-state index in [4.69, 9.17) is 21.0 Å². The summed E-state index contributed by atoms with van der Waals surface area (Å²) in [5, 5.41) is 2.67. The number of amidine groups is 1. The molecule has 1 aromatic heterocycles. The zero-order valence-corrected chi connectivity index (χ0v) is 15.0. The molecule has 134 valence electrons. The van der Waals surface area contributed by atoms with Crippen LogP contribution in [0.5, 0.6) is 0 Å². The van der Waals surface area contributed by atoms with E-state index in [1.54, 1.807) is 13.3 Å². The zero-order valence-electron chi connectivity index (χ0n) is 14.2. The molecule has 2 aliphatic heterocycles. The first kappa shape index (κ1) is 16.8. The average Bonchev–Trinajstić information content (AvgIpc) is 3.17. The molecule has 0 fully saturated rings. The van der Waals surface area contributed by atoms with Gasteiger partial charge < -0.3 is 14.6 Å². The normalized spacial score (nSPS) is 17.8. The number of nitrogens with zero attached hydrogens (tertiary/aromatic N) is 3. The number of anilines is 1. The van der Waals surface area contributed by atoms with Gasteiger partial charge in [-0.1, -0.05) is 18.5 Å². The van der Waals surface area contributed by atoms with Crippen LogP contribution in [0.1, 0.15) is 35.0 Å². The molecule has 1 amide bonds. The summed E-state index contributed by atoms with van der Waals surface area (Å²) >= 11 is 5.78. The van der Waals surface area contributed by atoms with Gasteiger partial charge in [0.2, 0.25) is 5.88 Å². The van der Waals surface area contributed by atoms with Crippen molar-refractivity contribution in [2.75, 3.05) is 11.9 Å². The average molecular weight is 375 g/mol. The van der Waals surface area contributed by atoms with Gasteiger partial charge in [-0.25, -0.2) is 9.38 Å². The van der Waals surface area contributed by atoms with E-state index in [9.17, 15) is 9.18 Å². The molecule has 0 saturated carbocycles. The molecule has 1 aromatic carbocycles. The van der Waals surface area contributed by atoms with Gasteiger partial charge in [0.05, 0.1) is 22.2 Å². The Morgan fingerprint density at radius 2 is 2.31 bits per heavy atom. The molecule has 0 unspecified atom stereocenters. The number of nitrogens with one attached hydrogen (secondary N) is 1. The van der Waals surface area contributed by atoms with Gasteiger partial charge in [-0.2, -0.15) is 0 Å². The predicted molar refractivity (Wildman–Crippen MR) is 98.3 cm³/mol. The van der Waals surface area contributed by atoms with Crippen molar-refractivity contribution in [1.29, 1.82) is 0 Å². The second-order valence-electron chi connectivity index (χ2n) is 6.21. The number of hydrogen-bond donors (Lipinski definition) is 1. The molecule has 0 radical (unpaired) electrons. The molecular formula is C18H16ClFN4O2. The molecule has 0 aliphatic carbocycles. The molecule has 2 aromatic rings. The van der Waals surface area contributed by atoms with E-state index in [1.807, 2.05) is 4.90 Å².